The van der Waals surface area contributed by atoms with Crippen LogP contribution >= 0.6 is 0 Å². The summed E-state index contributed by atoms with van der Waals surface area (Å²) in [6.07, 6.45) is 0.796. The van der Waals surface area contributed by atoms with E-state index in [1.807, 2.05) is 38.1 Å². The summed E-state index contributed by atoms with van der Waals surface area (Å²) >= 11 is 0. The number of carboxylic acids is 1. The van der Waals surface area contributed by atoms with Gasteiger partial charge in [0.1, 0.15) is 11.5 Å². The average molecular weight is 281 g/mol. The monoisotopic (exact) mass is 281 g/mol. The summed E-state index contributed by atoms with van der Waals surface area (Å²) in [7, 11) is 0. The average Bonchev–Trinajstić information content (AvgIpc) is 2.91. The molecule has 0 aliphatic rings. The van der Waals surface area contributed by atoms with E-state index in [2.05, 4.69) is 4.98 Å². The van der Waals surface area contributed by atoms with Crippen LogP contribution in [0.25, 0.3) is 22.4 Å². The van der Waals surface area contributed by atoms with Crippen molar-refractivity contribution >= 4 is 16.9 Å². The molecule has 4 nitrogen and oxygen atoms in total. The largest absolute Gasteiger partial charge is 0.478 e. The van der Waals surface area contributed by atoms with E-state index in [1.54, 1.807) is 12.1 Å². The van der Waals surface area contributed by atoms with Crippen molar-refractivity contribution in [1.29, 1.82) is 0 Å². The summed E-state index contributed by atoms with van der Waals surface area (Å²) in [5.41, 5.74) is 2.55. The predicted molar refractivity (Wildman–Crippen MR) is 80.5 cm³/mol. The predicted octanol–water partition coefficient (Wildman–Crippen LogP) is 4.06. The lowest BCUT2D eigenvalue weighted by Gasteiger charge is -2.08. The highest BCUT2D eigenvalue weighted by molar-refractivity contribution is 6.04. The van der Waals surface area contributed by atoms with Gasteiger partial charge in [0.25, 0.3) is 0 Å². The molecule has 0 atom stereocenters. The van der Waals surface area contributed by atoms with Gasteiger partial charge in [-0.3, -0.25) is 0 Å². The van der Waals surface area contributed by atoms with Crippen LogP contribution in [0.3, 0.4) is 0 Å². The summed E-state index contributed by atoms with van der Waals surface area (Å²) in [6.45, 7) is 3.88. The van der Waals surface area contributed by atoms with Gasteiger partial charge in [-0.1, -0.05) is 25.1 Å². The molecule has 0 aliphatic heterocycles. The van der Waals surface area contributed by atoms with Crippen LogP contribution in [0.1, 0.15) is 28.6 Å². The van der Waals surface area contributed by atoms with Crippen molar-refractivity contribution in [2.45, 2.75) is 20.3 Å². The zero-order valence-corrected chi connectivity index (χ0v) is 11.9. The number of hydrogen-bond donors (Lipinski definition) is 1. The molecular formula is C17H15NO3. The van der Waals surface area contributed by atoms with Crippen LogP contribution in [-0.4, -0.2) is 16.1 Å². The number of aryl methyl sites for hydroxylation is 2. The Kier molecular flexibility index (Phi) is 3.22. The van der Waals surface area contributed by atoms with E-state index in [0.717, 1.165) is 23.3 Å². The molecule has 0 radical (unpaired) electrons. The van der Waals surface area contributed by atoms with Gasteiger partial charge in [0.15, 0.2) is 5.76 Å². The van der Waals surface area contributed by atoms with Crippen molar-refractivity contribution in [1.82, 2.24) is 4.98 Å². The maximum absolute atomic E-state index is 11.5. The van der Waals surface area contributed by atoms with Crippen LogP contribution in [0.15, 0.2) is 40.8 Å². The Morgan fingerprint density at radius 2 is 2.10 bits per heavy atom. The SMILES string of the molecule is CCc1cccc2c(C(=O)O)cc(-c3ccc(C)o3)nc12. The number of carbonyl (C=O) groups is 1. The number of fused-ring (bicyclic) bond motifs is 1. The van der Waals surface area contributed by atoms with E-state index < -0.39 is 5.97 Å². The number of carboxylic acid groups (broad SMARTS) is 1. The topological polar surface area (TPSA) is 63.3 Å². The molecule has 1 aromatic carbocycles. The Balaban J connectivity index is 2.35. The minimum atomic E-state index is -0.958. The van der Waals surface area contributed by atoms with Crippen LogP contribution < -0.4 is 0 Å². The third-order valence-corrected chi connectivity index (χ3v) is 3.53. The van der Waals surface area contributed by atoms with Crippen LogP contribution in [0.2, 0.25) is 0 Å². The number of aromatic carboxylic acids is 1. The molecule has 2 heterocycles. The molecule has 21 heavy (non-hydrogen) atoms. The summed E-state index contributed by atoms with van der Waals surface area (Å²) < 4.78 is 5.57. The van der Waals surface area contributed by atoms with E-state index in [4.69, 9.17) is 4.42 Å². The Labute approximate surface area is 122 Å². The third-order valence-electron chi connectivity index (χ3n) is 3.53. The molecule has 3 rings (SSSR count). The summed E-state index contributed by atoms with van der Waals surface area (Å²) in [5, 5.41) is 10.1. The Morgan fingerprint density at radius 1 is 1.29 bits per heavy atom. The fraction of sp³-hybridized carbons (Fsp3) is 0.176. The van der Waals surface area contributed by atoms with Crippen molar-refractivity contribution in [3.63, 3.8) is 0 Å². The van der Waals surface area contributed by atoms with E-state index >= 15 is 0 Å². The minimum absolute atomic E-state index is 0.249. The van der Waals surface area contributed by atoms with Crippen molar-refractivity contribution in [3.05, 3.63) is 53.3 Å². The molecule has 3 aromatic rings. The number of pyridine rings is 1. The van der Waals surface area contributed by atoms with Gasteiger partial charge < -0.3 is 9.52 Å². The molecule has 0 bridgehead atoms. The Morgan fingerprint density at radius 3 is 2.71 bits per heavy atom. The molecular weight excluding hydrogens is 266 g/mol. The van der Waals surface area contributed by atoms with Crippen molar-refractivity contribution < 1.29 is 14.3 Å². The quantitative estimate of drug-likeness (QED) is 0.786. The molecule has 0 amide bonds. The molecule has 0 fully saturated rings. The molecule has 1 N–H and O–H groups in total. The lowest BCUT2D eigenvalue weighted by molar-refractivity contribution is 0.0699. The lowest BCUT2D eigenvalue weighted by atomic mass is 10.0. The smallest absolute Gasteiger partial charge is 0.336 e. The van der Waals surface area contributed by atoms with Gasteiger partial charge in [-0.25, -0.2) is 9.78 Å². The van der Waals surface area contributed by atoms with E-state index in [9.17, 15) is 9.90 Å². The first-order chi connectivity index (χ1) is 10.1. The maximum Gasteiger partial charge on any atom is 0.336 e. The number of aromatic nitrogens is 1. The van der Waals surface area contributed by atoms with Gasteiger partial charge in [-0.05, 0) is 37.1 Å². The van der Waals surface area contributed by atoms with Crippen molar-refractivity contribution in [3.8, 4) is 11.5 Å². The molecule has 0 saturated heterocycles. The molecule has 2 aromatic heterocycles. The Hall–Kier alpha value is -2.62. The third kappa shape index (κ3) is 2.29. The van der Waals surface area contributed by atoms with Gasteiger partial charge in [0, 0.05) is 5.39 Å². The number of rotatable bonds is 3. The van der Waals surface area contributed by atoms with E-state index in [1.165, 1.54) is 0 Å². The number of benzene rings is 1. The second kappa shape index (κ2) is 5.05. The van der Waals surface area contributed by atoms with Crippen LogP contribution in [0.4, 0.5) is 0 Å². The zero-order valence-electron chi connectivity index (χ0n) is 11.9. The van der Waals surface area contributed by atoms with Crippen LogP contribution in [-0.2, 0) is 6.42 Å². The van der Waals surface area contributed by atoms with Gasteiger partial charge in [-0.2, -0.15) is 0 Å². The summed E-state index contributed by atoms with van der Waals surface area (Å²) in [6, 6.07) is 10.9. The first-order valence-electron chi connectivity index (χ1n) is 6.83. The van der Waals surface area contributed by atoms with Crippen LogP contribution in [0, 0.1) is 6.92 Å². The first-order valence-corrected chi connectivity index (χ1v) is 6.83. The molecule has 106 valence electrons. The molecule has 4 heteroatoms. The number of para-hydroxylation sites is 1. The second-order valence-corrected chi connectivity index (χ2v) is 4.94. The number of nitrogens with zero attached hydrogens (tertiary/aromatic N) is 1. The summed E-state index contributed by atoms with van der Waals surface area (Å²) in [5.74, 6) is 0.399. The summed E-state index contributed by atoms with van der Waals surface area (Å²) in [4.78, 5) is 16.2. The molecule has 0 saturated carbocycles. The number of furan rings is 1. The van der Waals surface area contributed by atoms with Gasteiger partial charge in [-0.15, -0.1) is 0 Å². The first kappa shape index (κ1) is 13.4. The second-order valence-electron chi connectivity index (χ2n) is 4.94. The Bertz CT molecular complexity index is 833. The fourth-order valence-corrected chi connectivity index (χ4v) is 2.47. The lowest BCUT2D eigenvalue weighted by Crippen LogP contribution is -2.01. The minimum Gasteiger partial charge on any atom is -0.478 e. The zero-order chi connectivity index (χ0) is 15.0. The van der Waals surface area contributed by atoms with Crippen molar-refractivity contribution in [2.24, 2.45) is 0 Å². The molecule has 0 unspecified atom stereocenters. The molecule has 0 spiro atoms. The highest BCUT2D eigenvalue weighted by atomic mass is 16.4. The highest BCUT2D eigenvalue weighted by Crippen LogP contribution is 2.28. The van der Waals surface area contributed by atoms with Gasteiger partial charge in [0.05, 0.1) is 11.1 Å². The molecule has 0 aliphatic carbocycles. The highest BCUT2D eigenvalue weighted by Gasteiger charge is 2.16. The number of hydrogen-bond acceptors (Lipinski definition) is 3. The maximum atomic E-state index is 11.5. The van der Waals surface area contributed by atoms with Gasteiger partial charge >= 0.3 is 5.97 Å². The fourth-order valence-electron chi connectivity index (χ4n) is 2.47. The van der Waals surface area contributed by atoms with Crippen molar-refractivity contribution in [2.75, 3.05) is 0 Å². The van der Waals surface area contributed by atoms with Gasteiger partial charge in [0.2, 0.25) is 0 Å². The van der Waals surface area contributed by atoms with Crippen LogP contribution in [0.5, 0.6) is 0 Å². The normalized spacial score (nSPS) is 11.0. The standard InChI is InChI=1S/C17H15NO3/c1-3-11-5-4-6-12-13(17(19)20)9-14(18-16(11)12)15-8-7-10(2)21-15/h4-9H,3H2,1-2H3,(H,19,20). The van der Waals surface area contributed by atoms with E-state index in [0.29, 0.717) is 16.8 Å². The van der Waals surface area contributed by atoms with E-state index in [-0.39, 0.29) is 5.56 Å².